The van der Waals surface area contributed by atoms with Gasteiger partial charge in [-0.15, -0.1) is 0 Å². The highest BCUT2D eigenvalue weighted by Gasteiger charge is 1.98. The van der Waals surface area contributed by atoms with Gasteiger partial charge < -0.3 is 5.11 Å². The Morgan fingerprint density at radius 1 is 1.08 bits per heavy atom. The lowest BCUT2D eigenvalue weighted by Crippen LogP contribution is -2.02. The second kappa shape index (κ2) is 9.79. The van der Waals surface area contributed by atoms with E-state index in [1.165, 1.54) is 25.7 Å². The third kappa shape index (κ3) is 9.62. The van der Waals surface area contributed by atoms with Crippen LogP contribution in [0.4, 0.5) is 0 Å². The highest BCUT2D eigenvalue weighted by atomic mass is 16.3. The van der Waals surface area contributed by atoms with Gasteiger partial charge in [0.2, 0.25) is 0 Å². The lowest BCUT2D eigenvalue weighted by molar-refractivity contribution is 0.157. The molecule has 0 rings (SSSR count). The number of rotatable bonds is 8. The Morgan fingerprint density at radius 2 is 1.77 bits per heavy atom. The first-order valence-corrected chi connectivity index (χ1v) is 5.64. The average Bonchev–Trinajstić information content (AvgIpc) is 2.16. The van der Waals surface area contributed by atoms with Crippen LogP contribution in [0.5, 0.6) is 0 Å². The van der Waals surface area contributed by atoms with E-state index in [-0.39, 0.29) is 6.10 Å². The van der Waals surface area contributed by atoms with Crippen molar-refractivity contribution in [2.45, 2.75) is 64.9 Å². The van der Waals surface area contributed by atoms with Crippen molar-refractivity contribution in [2.24, 2.45) is 0 Å². The summed E-state index contributed by atoms with van der Waals surface area (Å²) in [4.78, 5) is 0. The minimum Gasteiger partial charge on any atom is -0.393 e. The smallest absolute Gasteiger partial charge is 0.0537 e. The van der Waals surface area contributed by atoms with Crippen LogP contribution in [0.3, 0.4) is 0 Å². The lowest BCUT2D eigenvalue weighted by atomic mass is 10.1. The molecule has 1 atom stereocenters. The SMILES string of the molecule is CCCC=CCCCCC(O)CC. The first kappa shape index (κ1) is 12.7. The highest BCUT2D eigenvalue weighted by molar-refractivity contribution is 4.80. The number of aliphatic hydroxyl groups excluding tert-OH is 1. The van der Waals surface area contributed by atoms with E-state index >= 15 is 0 Å². The van der Waals surface area contributed by atoms with Crippen LogP contribution in [-0.4, -0.2) is 11.2 Å². The van der Waals surface area contributed by atoms with Gasteiger partial charge in [0.1, 0.15) is 0 Å². The zero-order chi connectivity index (χ0) is 9.94. The van der Waals surface area contributed by atoms with Gasteiger partial charge in [-0.3, -0.25) is 0 Å². The second-order valence-corrected chi connectivity index (χ2v) is 3.61. The fourth-order valence-electron chi connectivity index (χ4n) is 1.25. The summed E-state index contributed by atoms with van der Waals surface area (Å²) >= 11 is 0. The quantitative estimate of drug-likeness (QED) is 0.451. The van der Waals surface area contributed by atoms with Crippen molar-refractivity contribution in [1.82, 2.24) is 0 Å². The van der Waals surface area contributed by atoms with E-state index in [1.54, 1.807) is 0 Å². The second-order valence-electron chi connectivity index (χ2n) is 3.61. The summed E-state index contributed by atoms with van der Waals surface area (Å²) in [5.74, 6) is 0. The largest absolute Gasteiger partial charge is 0.393 e. The van der Waals surface area contributed by atoms with Gasteiger partial charge in [-0.2, -0.15) is 0 Å². The molecule has 0 aliphatic carbocycles. The molecular weight excluding hydrogens is 160 g/mol. The predicted octanol–water partition coefficient (Wildman–Crippen LogP) is 3.67. The summed E-state index contributed by atoms with van der Waals surface area (Å²) in [6.07, 6.45) is 12.3. The molecule has 78 valence electrons. The molecular formula is C12H24O. The van der Waals surface area contributed by atoms with Gasteiger partial charge in [0, 0.05) is 0 Å². The Balaban J connectivity index is 3.07. The Labute approximate surface area is 82.9 Å². The van der Waals surface area contributed by atoms with E-state index in [4.69, 9.17) is 0 Å². The summed E-state index contributed by atoms with van der Waals surface area (Å²) in [5, 5.41) is 9.28. The van der Waals surface area contributed by atoms with E-state index in [0.717, 1.165) is 19.3 Å². The predicted molar refractivity (Wildman–Crippen MR) is 58.8 cm³/mol. The van der Waals surface area contributed by atoms with Gasteiger partial charge in [-0.05, 0) is 32.1 Å². The molecule has 0 aromatic carbocycles. The Bertz CT molecular complexity index is 118. The molecule has 1 nitrogen and oxygen atoms in total. The molecule has 0 aromatic rings. The van der Waals surface area contributed by atoms with Crippen LogP contribution in [0, 0.1) is 0 Å². The monoisotopic (exact) mass is 184 g/mol. The third-order valence-corrected chi connectivity index (χ3v) is 2.25. The molecule has 0 saturated heterocycles. The van der Waals surface area contributed by atoms with Gasteiger partial charge in [0.15, 0.2) is 0 Å². The van der Waals surface area contributed by atoms with Crippen LogP contribution < -0.4 is 0 Å². The number of hydrogen-bond donors (Lipinski definition) is 1. The first-order valence-electron chi connectivity index (χ1n) is 5.64. The van der Waals surface area contributed by atoms with Crippen molar-refractivity contribution < 1.29 is 5.11 Å². The van der Waals surface area contributed by atoms with Crippen LogP contribution in [0.1, 0.15) is 58.8 Å². The van der Waals surface area contributed by atoms with Crippen LogP contribution in [-0.2, 0) is 0 Å². The van der Waals surface area contributed by atoms with Gasteiger partial charge in [0.05, 0.1) is 6.10 Å². The lowest BCUT2D eigenvalue weighted by Gasteiger charge is -2.05. The van der Waals surface area contributed by atoms with Gasteiger partial charge >= 0.3 is 0 Å². The maximum atomic E-state index is 9.28. The molecule has 1 N–H and O–H groups in total. The number of hydrogen-bond acceptors (Lipinski definition) is 1. The summed E-state index contributed by atoms with van der Waals surface area (Å²) in [5.41, 5.74) is 0. The molecule has 0 aromatic heterocycles. The molecule has 13 heavy (non-hydrogen) atoms. The minimum absolute atomic E-state index is 0.0698. The van der Waals surface area contributed by atoms with Crippen molar-refractivity contribution in [3.05, 3.63) is 12.2 Å². The van der Waals surface area contributed by atoms with Crippen LogP contribution in [0.2, 0.25) is 0 Å². The fourth-order valence-corrected chi connectivity index (χ4v) is 1.25. The summed E-state index contributed by atoms with van der Waals surface area (Å²) in [6, 6.07) is 0. The van der Waals surface area contributed by atoms with E-state index in [1.807, 2.05) is 6.92 Å². The Hall–Kier alpha value is -0.300. The first-order chi connectivity index (χ1) is 6.31. The highest BCUT2D eigenvalue weighted by Crippen LogP contribution is 2.06. The van der Waals surface area contributed by atoms with E-state index in [2.05, 4.69) is 19.1 Å². The Kier molecular flexibility index (Phi) is 9.56. The topological polar surface area (TPSA) is 20.2 Å². The van der Waals surface area contributed by atoms with Crippen molar-refractivity contribution in [2.75, 3.05) is 0 Å². The molecule has 0 spiro atoms. The minimum atomic E-state index is -0.0698. The zero-order valence-electron chi connectivity index (χ0n) is 9.13. The van der Waals surface area contributed by atoms with E-state index in [0.29, 0.717) is 0 Å². The van der Waals surface area contributed by atoms with E-state index in [9.17, 15) is 5.11 Å². The standard InChI is InChI=1S/C12H24O/c1-3-5-6-7-8-9-10-11-12(13)4-2/h6-7,12-13H,3-5,8-11H2,1-2H3. The van der Waals surface area contributed by atoms with Crippen LogP contribution in [0.15, 0.2) is 12.2 Å². The zero-order valence-corrected chi connectivity index (χ0v) is 9.13. The maximum Gasteiger partial charge on any atom is 0.0537 e. The third-order valence-electron chi connectivity index (χ3n) is 2.25. The average molecular weight is 184 g/mol. The molecule has 0 aliphatic rings. The van der Waals surface area contributed by atoms with Crippen molar-refractivity contribution in [3.8, 4) is 0 Å². The number of allylic oxidation sites excluding steroid dienone is 2. The van der Waals surface area contributed by atoms with E-state index < -0.39 is 0 Å². The molecule has 0 saturated carbocycles. The number of aliphatic hydroxyl groups is 1. The molecule has 0 fully saturated rings. The molecule has 0 radical (unpaired) electrons. The van der Waals surface area contributed by atoms with Crippen LogP contribution >= 0.6 is 0 Å². The normalized spacial score (nSPS) is 13.8. The van der Waals surface area contributed by atoms with Gasteiger partial charge in [-0.1, -0.05) is 38.8 Å². The van der Waals surface area contributed by atoms with Gasteiger partial charge in [-0.25, -0.2) is 0 Å². The summed E-state index contributed by atoms with van der Waals surface area (Å²) in [7, 11) is 0. The molecule has 1 unspecified atom stereocenters. The molecule has 0 heterocycles. The molecule has 0 aliphatic heterocycles. The summed E-state index contributed by atoms with van der Waals surface area (Å²) < 4.78 is 0. The van der Waals surface area contributed by atoms with Crippen molar-refractivity contribution >= 4 is 0 Å². The fraction of sp³-hybridized carbons (Fsp3) is 0.833. The number of unbranched alkanes of at least 4 members (excludes halogenated alkanes) is 3. The maximum absolute atomic E-state index is 9.28. The molecule has 0 amide bonds. The van der Waals surface area contributed by atoms with Crippen molar-refractivity contribution in [3.63, 3.8) is 0 Å². The Morgan fingerprint density at radius 3 is 2.38 bits per heavy atom. The molecule has 1 heteroatoms. The summed E-state index contributed by atoms with van der Waals surface area (Å²) in [6.45, 7) is 4.23. The van der Waals surface area contributed by atoms with Gasteiger partial charge in [0.25, 0.3) is 0 Å². The molecule has 0 bridgehead atoms. The van der Waals surface area contributed by atoms with Crippen molar-refractivity contribution in [1.29, 1.82) is 0 Å². The van der Waals surface area contributed by atoms with Crippen LogP contribution in [0.25, 0.3) is 0 Å².